The predicted molar refractivity (Wildman–Crippen MR) is 50.4 cm³/mol. The molecule has 0 bridgehead atoms. The minimum Gasteiger partial charge on any atom is -0.383 e. The molecule has 1 heterocycles. The molecule has 12 heavy (non-hydrogen) atoms. The Balaban J connectivity index is 2.86. The van der Waals surface area contributed by atoms with Gasteiger partial charge in [0.2, 0.25) is 0 Å². The summed E-state index contributed by atoms with van der Waals surface area (Å²) >= 11 is 0. The number of aromatic nitrogens is 1. The number of nitrogen functional groups attached to an aromatic ring is 1. The van der Waals surface area contributed by atoms with Crippen LogP contribution in [0.5, 0.6) is 0 Å². The molecule has 3 nitrogen and oxygen atoms in total. The van der Waals surface area contributed by atoms with Crippen molar-refractivity contribution in [3.05, 3.63) is 36.5 Å². The first kappa shape index (κ1) is 8.74. The average Bonchev–Trinajstić information content (AvgIpc) is 2.05. The van der Waals surface area contributed by atoms with Gasteiger partial charge in [0, 0.05) is 17.8 Å². The van der Waals surface area contributed by atoms with E-state index in [1.165, 1.54) is 0 Å². The zero-order valence-electron chi connectivity index (χ0n) is 6.90. The van der Waals surface area contributed by atoms with E-state index in [2.05, 4.69) is 11.6 Å². The van der Waals surface area contributed by atoms with E-state index in [1.54, 1.807) is 12.3 Å². The molecular weight excluding hydrogens is 150 g/mol. The molecule has 0 aliphatic heterocycles. The lowest BCUT2D eigenvalue weighted by molar-refractivity contribution is 0.741. The van der Waals surface area contributed by atoms with Crippen LogP contribution in [0.25, 0.3) is 0 Å². The molecule has 64 valence electrons. The van der Waals surface area contributed by atoms with Crippen LogP contribution in [-0.2, 0) is 0 Å². The molecule has 0 amide bonds. The first-order chi connectivity index (χ1) is 5.75. The van der Waals surface area contributed by atoms with E-state index in [-0.39, 0.29) is 6.04 Å². The number of rotatable bonds is 3. The lowest BCUT2D eigenvalue weighted by Gasteiger charge is -2.10. The van der Waals surface area contributed by atoms with Gasteiger partial charge in [-0.2, -0.15) is 0 Å². The van der Waals surface area contributed by atoms with Crippen LogP contribution in [0, 0.1) is 0 Å². The molecule has 1 atom stereocenters. The largest absolute Gasteiger partial charge is 0.383 e. The van der Waals surface area contributed by atoms with E-state index in [0.29, 0.717) is 5.82 Å². The first-order valence-corrected chi connectivity index (χ1v) is 3.82. The fourth-order valence-electron chi connectivity index (χ4n) is 1.05. The quantitative estimate of drug-likeness (QED) is 0.659. The minimum atomic E-state index is -0.0869. The number of hydrogen-bond acceptors (Lipinski definition) is 3. The third-order valence-corrected chi connectivity index (χ3v) is 1.69. The standard InChI is InChI=1S/C9H13N3/c1-2-4-8(10)7-5-3-6-12-9(7)11/h2-3,5-6,8H,1,4,10H2,(H2,11,12)/t8-/m0/s1. The zero-order valence-corrected chi connectivity index (χ0v) is 6.90. The highest BCUT2D eigenvalue weighted by molar-refractivity contribution is 5.40. The van der Waals surface area contributed by atoms with Gasteiger partial charge in [0.25, 0.3) is 0 Å². The lowest BCUT2D eigenvalue weighted by atomic mass is 10.1. The molecule has 0 unspecified atom stereocenters. The maximum Gasteiger partial charge on any atom is 0.128 e. The number of anilines is 1. The van der Waals surface area contributed by atoms with E-state index in [0.717, 1.165) is 12.0 Å². The summed E-state index contributed by atoms with van der Waals surface area (Å²) in [5.41, 5.74) is 12.3. The molecule has 1 aromatic heterocycles. The molecule has 0 radical (unpaired) electrons. The van der Waals surface area contributed by atoms with Crippen molar-refractivity contribution >= 4 is 5.82 Å². The Kier molecular flexibility index (Phi) is 2.82. The second kappa shape index (κ2) is 3.88. The Labute approximate surface area is 72.1 Å². The van der Waals surface area contributed by atoms with Gasteiger partial charge in [-0.15, -0.1) is 6.58 Å². The molecule has 1 rings (SSSR count). The average molecular weight is 163 g/mol. The first-order valence-electron chi connectivity index (χ1n) is 3.82. The highest BCUT2D eigenvalue weighted by atomic mass is 14.8. The molecule has 4 N–H and O–H groups in total. The smallest absolute Gasteiger partial charge is 0.128 e. The summed E-state index contributed by atoms with van der Waals surface area (Å²) in [6.07, 6.45) is 4.15. The van der Waals surface area contributed by atoms with Gasteiger partial charge in [-0.05, 0) is 12.5 Å². The predicted octanol–water partition coefficient (Wildman–Crippen LogP) is 1.24. The zero-order chi connectivity index (χ0) is 8.97. The van der Waals surface area contributed by atoms with E-state index in [9.17, 15) is 0 Å². The number of hydrogen-bond donors (Lipinski definition) is 2. The molecule has 0 fully saturated rings. The maximum atomic E-state index is 5.82. The van der Waals surface area contributed by atoms with Gasteiger partial charge in [0.15, 0.2) is 0 Å². The molecule has 1 aromatic rings. The second-order valence-corrected chi connectivity index (χ2v) is 2.61. The van der Waals surface area contributed by atoms with Crippen LogP contribution in [0.15, 0.2) is 31.0 Å². The topological polar surface area (TPSA) is 64.9 Å². The Morgan fingerprint density at radius 2 is 2.42 bits per heavy atom. The molecular formula is C9H13N3. The highest BCUT2D eigenvalue weighted by Gasteiger charge is 2.06. The van der Waals surface area contributed by atoms with Gasteiger partial charge in [0.1, 0.15) is 5.82 Å². The van der Waals surface area contributed by atoms with Crippen molar-refractivity contribution < 1.29 is 0 Å². The van der Waals surface area contributed by atoms with Crippen molar-refractivity contribution in [2.75, 3.05) is 5.73 Å². The van der Waals surface area contributed by atoms with Crippen molar-refractivity contribution in [2.45, 2.75) is 12.5 Å². The van der Waals surface area contributed by atoms with Crippen molar-refractivity contribution in [1.82, 2.24) is 4.98 Å². The SMILES string of the molecule is C=CC[C@H](N)c1cccnc1N. The Bertz CT molecular complexity index is 270. The van der Waals surface area contributed by atoms with E-state index in [4.69, 9.17) is 11.5 Å². The molecule has 3 heteroatoms. The highest BCUT2D eigenvalue weighted by Crippen LogP contribution is 2.18. The van der Waals surface area contributed by atoms with Crippen LogP contribution in [0.4, 0.5) is 5.82 Å². The Morgan fingerprint density at radius 1 is 1.67 bits per heavy atom. The molecule has 0 spiro atoms. The van der Waals surface area contributed by atoms with Crippen LogP contribution in [0.3, 0.4) is 0 Å². The Morgan fingerprint density at radius 3 is 3.00 bits per heavy atom. The van der Waals surface area contributed by atoms with Gasteiger partial charge < -0.3 is 11.5 Å². The van der Waals surface area contributed by atoms with Gasteiger partial charge >= 0.3 is 0 Å². The van der Waals surface area contributed by atoms with Crippen LogP contribution in [0.1, 0.15) is 18.0 Å². The van der Waals surface area contributed by atoms with E-state index >= 15 is 0 Å². The normalized spacial score (nSPS) is 12.4. The second-order valence-electron chi connectivity index (χ2n) is 2.61. The van der Waals surface area contributed by atoms with Crippen LogP contribution >= 0.6 is 0 Å². The summed E-state index contributed by atoms with van der Waals surface area (Å²) in [4.78, 5) is 3.95. The van der Waals surface area contributed by atoms with E-state index in [1.807, 2.05) is 12.1 Å². The van der Waals surface area contributed by atoms with Crippen molar-refractivity contribution in [3.63, 3.8) is 0 Å². The third-order valence-electron chi connectivity index (χ3n) is 1.69. The molecule has 0 aliphatic carbocycles. The number of nitrogens with two attached hydrogens (primary N) is 2. The van der Waals surface area contributed by atoms with Gasteiger partial charge in [-0.3, -0.25) is 0 Å². The lowest BCUT2D eigenvalue weighted by Crippen LogP contribution is -2.12. The summed E-state index contributed by atoms with van der Waals surface area (Å²) in [5.74, 6) is 0.506. The van der Waals surface area contributed by atoms with E-state index < -0.39 is 0 Å². The monoisotopic (exact) mass is 163 g/mol. The number of pyridine rings is 1. The molecule has 0 saturated carbocycles. The third kappa shape index (κ3) is 1.83. The van der Waals surface area contributed by atoms with Crippen LogP contribution in [-0.4, -0.2) is 4.98 Å². The minimum absolute atomic E-state index is 0.0869. The summed E-state index contributed by atoms with van der Waals surface area (Å²) in [6.45, 7) is 3.61. The summed E-state index contributed by atoms with van der Waals surface area (Å²) in [5, 5.41) is 0. The van der Waals surface area contributed by atoms with Gasteiger partial charge in [0.05, 0.1) is 0 Å². The van der Waals surface area contributed by atoms with Crippen molar-refractivity contribution in [1.29, 1.82) is 0 Å². The number of nitrogens with zero attached hydrogens (tertiary/aromatic N) is 1. The van der Waals surface area contributed by atoms with Crippen molar-refractivity contribution in [2.24, 2.45) is 5.73 Å². The summed E-state index contributed by atoms with van der Waals surface area (Å²) in [7, 11) is 0. The molecule has 0 aromatic carbocycles. The Hall–Kier alpha value is -1.35. The fraction of sp³-hybridized carbons (Fsp3) is 0.222. The van der Waals surface area contributed by atoms with Gasteiger partial charge in [-0.1, -0.05) is 12.1 Å². The summed E-state index contributed by atoms with van der Waals surface area (Å²) < 4.78 is 0. The van der Waals surface area contributed by atoms with Gasteiger partial charge in [-0.25, -0.2) is 4.98 Å². The molecule has 0 aliphatic rings. The van der Waals surface area contributed by atoms with Crippen molar-refractivity contribution in [3.8, 4) is 0 Å². The van der Waals surface area contributed by atoms with Crippen LogP contribution in [0.2, 0.25) is 0 Å². The van der Waals surface area contributed by atoms with Crippen LogP contribution < -0.4 is 11.5 Å². The fourth-order valence-corrected chi connectivity index (χ4v) is 1.05. The summed E-state index contributed by atoms with van der Waals surface area (Å²) in [6, 6.07) is 3.63. The maximum absolute atomic E-state index is 5.82. The molecule has 0 saturated heterocycles.